The Morgan fingerprint density at radius 3 is 2.28 bits per heavy atom. The number of nitrogens with one attached hydrogen (secondary N) is 4. The van der Waals surface area contributed by atoms with Gasteiger partial charge < -0.3 is 26.0 Å². The maximum atomic E-state index is 13.2. The lowest BCUT2D eigenvalue weighted by Gasteiger charge is -2.27. The molecule has 12 heteroatoms. The topological polar surface area (TPSA) is 143 Å². The number of esters is 1. The van der Waals surface area contributed by atoms with Crippen molar-refractivity contribution < 1.29 is 28.7 Å². The predicted octanol–water partition coefficient (Wildman–Crippen LogP) is 1.43. The second-order valence-electron chi connectivity index (χ2n) is 9.24. The molecule has 2 bridgehead atoms. The summed E-state index contributed by atoms with van der Waals surface area (Å²) in [5, 5.41) is 10.7. The van der Waals surface area contributed by atoms with E-state index in [1.165, 1.54) is 27.7 Å². The summed E-state index contributed by atoms with van der Waals surface area (Å²) in [6, 6.07) is -2.86. The average molecular weight is 541 g/mol. The zero-order chi connectivity index (χ0) is 26.8. The monoisotopic (exact) mass is 540 g/mol. The van der Waals surface area contributed by atoms with Crippen molar-refractivity contribution in [2.75, 3.05) is 11.5 Å². The number of amides is 4. The highest BCUT2D eigenvalue weighted by atomic mass is 33.1. The van der Waals surface area contributed by atoms with Crippen molar-refractivity contribution in [3.8, 4) is 0 Å². The van der Waals surface area contributed by atoms with Crippen molar-refractivity contribution in [3.05, 3.63) is 23.9 Å². The van der Waals surface area contributed by atoms with Gasteiger partial charge in [0.1, 0.15) is 29.9 Å². The highest BCUT2D eigenvalue weighted by Gasteiger charge is 2.33. The number of ether oxygens (including phenoxy) is 1. The van der Waals surface area contributed by atoms with E-state index in [1.54, 1.807) is 40.7 Å². The van der Waals surface area contributed by atoms with Gasteiger partial charge in [-0.1, -0.05) is 61.4 Å². The van der Waals surface area contributed by atoms with Crippen LogP contribution in [0, 0.1) is 11.8 Å². The lowest BCUT2D eigenvalue weighted by Crippen LogP contribution is -2.57. The summed E-state index contributed by atoms with van der Waals surface area (Å²) < 4.78 is 5.65. The minimum atomic E-state index is -1.00. The fraction of sp³-hybridized carbons (Fsp3) is 0.625. The third kappa shape index (κ3) is 8.88. The van der Waals surface area contributed by atoms with Gasteiger partial charge in [-0.3, -0.25) is 19.2 Å². The summed E-state index contributed by atoms with van der Waals surface area (Å²) in [6.45, 7) is 8.66. The molecule has 10 nitrogen and oxygen atoms in total. The molecule has 36 heavy (non-hydrogen) atoms. The molecule has 0 unspecified atom stereocenters. The smallest absolute Gasteiger partial charge is 0.329 e. The summed E-state index contributed by atoms with van der Waals surface area (Å²) in [5.74, 6) is -2.54. The Labute approximate surface area is 220 Å². The number of carbonyl (C=O) groups excluding carboxylic acids is 5. The van der Waals surface area contributed by atoms with Crippen molar-refractivity contribution in [2.45, 2.75) is 71.7 Å². The predicted molar refractivity (Wildman–Crippen MR) is 141 cm³/mol. The van der Waals surface area contributed by atoms with Crippen LogP contribution in [0.15, 0.2) is 23.9 Å². The van der Waals surface area contributed by atoms with Crippen molar-refractivity contribution in [3.63, 3.8) is 0 Å². The molecule has 2 aliphatic heterocycles. The maximum Gasteiger partial charge on any atom is 0.329 e. The van der Waals surface area contributed by atoms with Gasteiger partial charge in [-0.25, -0.2) is 4.79 Å². The molecule has 2 heterocycles. The lowest BCUT2D eigenvalue weighted by atomic mass is 10.0. The van der Waals surface area contributed by atoms with Crippen LogP contribution >= 0.6 is 21.6 Å². The number of hydrogen-bond donors (Lipinski definition) is 4. The standard InChI is InChI=1S/C24H36N4O6S2/c1-6-16-21(30)28-20(14(4)5)24(33)34-15-9-7-8-10-35-36-12-17(22(31)25-16)26-23(32)19(13(2)3)27-18(29)11-15/h6-7,9,13-15,17,19-20H,8,10-12H2,1-5H3,(H,25,31)(H,26,32)(H,27,29)(H,28,30)/b9-7-,16-6-/t15-,17-,19+,20+/m0/s1. The molecular formula is C24H36N4O6S2. The van der Waals surface area contributed by atoms with Crippen molar-refractivity contribution in [1.29, 1.82) is 0 Å². The van der Waals surface area contributed by atoms with Gasteiger partial charge in [0.2, 0.25) is 17.7 Å². The van der Waals surface area contributed by atoms with Crippen LogP contribution in [0.1, 0.15) is 47.5 Å². The van der Waals surface area contributed by atoms with E-state index in [1.807, 2.05) is 6.08 Å². The molecule has 0 saturated carbocycles. The Morgan fingerprint density at radius 1 is 0.944 bits per heavy atom. The molecule has 0 aliphatic carbocycles. The summed E-state index contributed by atoms with van der Waals surface area (Å²) in [5.41, 5.74) is -0.0445. The third-order valence-electron chi connectivity index (χ3n) is 5.59. The minimum Gasteiger partial charge on any atom is -0.456 e. The summed E-state index contributed by atoms with van der Waals surface area (Å²) in [6.07, 6.45) is 4.51. The first kappa shape index (κ1) is 29.8. The first-order valence-electron chi connectivity index (χ1n) is 12.0. The quantitative estimate of drug-likeness (QED) is 0.178. The average Bonchev–Trinajstić information content (AvgIpc) is 2.81. The van der Waals surface area contributed by atoms with E-state index in [0.717, 1.165) is 0 Å². The van der Waals surface area contributed by atoms with E-state index in [0.29, 0.717) is 12.2 Å². The fourth-order valence-electron chi connectivity index (χ4n) is 3.50. The van der Waals surface area contributed by atoms with Crippen LogP contribution in [0.2, 0.25) is 0 Å². The first-order chi connectivity index (χ1) is 17.0. The van der Waals surface area contributed by atoms with E-state index < -0.39 is 53.8 Å². The van der Waals surface area contributed by atoms with E-state index in [4.69, 9.17) is 4.74 Å². The molecule has 2 aliphatic rings. The normalized spacial score (nSPS) is 29.6. The SMILES string of the molecule is C/C=C1\NC(=O)[C@@H]2CSSCC/C=C\[C@@H](CC(=O)N[C@H](C(C)C)C(=O)N2)OC(=O)[C@@H](C(C)C)NC1=O. The summed E-state index contributed by atoms with van der Waals surface area (Å²) in [7, 11) is 2.95. The zero-order valence-corrected chi connectivity index (χ0v) is 22.9. The molecule has 0 aromatic carbocycles. The van der Waals surface area contributed by atoms with Gasteiger partial charge in [-0.05, 0) is 31.3 Å². The molecule has 4 amide bonds. The number of fused-ring (bicyclic) bond motifs is 7. The van der Waals surface area contributed by atoms with Crippen LogP contribution in [-0.2, 0) is 28.7 Å². The number of carbonyl (C=O) groups is 5. The first-order valence-corrected chi connectivity index (χ1v) is 14.5. The highest BCUT2D eigenvalue weighted by Crippen LogP contribution is 2.24. The molecule has 1 saturated heterocycles. The minimum absolute atomic E-state index is 0.0445. The number of hydrogen-bond acceptors (Lipinski definition) is 8. The van der Waals surface area contributed by atoms with E-state index in [2.05, 4.69) is 21.3 Å². The van der Waals surface area contributed by atoms with E-state index >= 15 is 0 Å². The maximum absolute atomic E-state index is 13.2. The van der Waals surface area contributed by atoms with Crippen LogP contribution in [-0.4, -0.2) is 65.3 Å². The highest BCUT2D eigenvalue weighted by molar-refractivity contribution is 8.76. The molecule has 0 aromatic heterocycles. The molecule has 1 fully saturated rings. The molecule has 4 N–H and O–H groups in total. The Balaban J connectivity index is 2.55. The second kappa shape index (κ2) is 14.3. The summed E-state index contributed by atoms with van der Waals surface area (Å²) >= 11 is 0. The van der Waals surface area contributed by atoms with Gasteiger partial charge in [-0.2, -0.15) is 0 Å². The van der Waals surface area contributed by atoms with Crippen LogP contribution < -0.4 is 21.3 Å². The van der Waals surface area contributed by atoms with E-state index in [9.17, 15) is 24.0 Å². The van der Waals surface area contributed by atoms with Crippen LogP contribution in [0.25, 0.3) is 0 Å². The van der Waals surface area contributed by atoms with Gasteiger partial charge in [0.25, 0.3) is 5.91 Å². The number of allylic oxidation sites excluding steroid dienone is 2. The third-order valence-corrected chi connectivity index (χ3v) is 8.03. The van der Waals surface area contributed by atoms with Crippen LogP contribution in [0.3, 0.4) is 0 Å². The van der Waals surface area contributed by atoms with Gasteiger partial charge >= 0.3 is 5.97 Å². The van der Waals surface area contributed by atoms with Gasteiger partial charge in [-0.15, -0.1) is 0 Å². The van der Waals surface area contributed by atoms with Gasteiger partial charge in [0.15, 0.2) is 0 Å². The number of rotatable bonds is 2. The largest absolute Gasteiger partial charge is 0.456 e. The Kier molecular flexibility index (Phi) is 11.8. The fourth-order valence-corrected chi connectivity index (χ4v) is 5.66. The zero-order valence-electron chi connectivity index (χ0n) is 21.3. The molecule has 200 valence electrons. The van der Waals surface area contributed by atoms with Crippen LogP contribution in [0.5, 0.6) is 0 Å². The Bertz CT molecular complexity index is 905. The Morgan fingerprint density at radius 2 is 1.64 bits per heavy atom. The van der Waals surface area contributed by atoms with Crippen molar-refractivity contribution >= 4 is 51.2 Å². The second-order valence-corrected chi connectivity index (χ2v) is 11.9. The van der Waals surface area contributed by atoms with Crippen molar-refractivity contribution in [1.82, 2.24) is 21.3 Å². The van der Waals surface area contributed by atoms with Crippen LogP contribution in [0.4, 0.5) is 0 Å². The van der Waals surface area contributed by atoms with Crippen molar-refractivity contribution in [2.24, 2.45) is 11.8 Å². The molecule has 4 atom stereocenters. The molecule has 0 aromatic rings. The molecule has 2 rings (SSSR count). The van der Waals surface area contributed by atoms with E-state index in [-0.39, 0.29) is 29.7 Å². The molecule has 0 radical (unpaired) electrons. The van der Waals surface area contributed by atoms with Gasteiger partial charge in [0, 0.05) is 11.5 Å². The molecule has 0 spiro atoms. The lowest BCUT2D eigenvalue weighted by molar-refractivity contribution is -0.153. The molecular weight excluding hydrogens is 504 g/mol. The Hall–Kier alpha value is -2.47. The van der Waals surface area contributed by atoms with Gasteiger partial charge in [0.05, 0.1) is 6.42 Å². The summed E-state index contributed by atoms with van der Waals surface area (Å²) in [4.78, 5) is 65.2.